The first-order chi connectivity index (χ1) is 13.7. The lowest BCUT2D eigenvalue weighted by molar-refractivity contribution is 0.102. The number of methoxy groups -OCH3 is 2. The summed E-state index contributed by atoms with van der Waals surface area (Å²) in [5, 5.41) is 5.09. The number of nitrogens with zero attached hydrogens (tertiary/aromatic N) is 3. The fraction of sp³-hybridized carbons (Fsp3) is 0.100. The first-order valence-electron chi connectivity index (χ1n) is 8.39. The second kappa shape index (κ2) is 7.61. The van der Waals surface area contributed by atoms with E-state index in [4.69, 9.17) is 9.47 Å². The maximum atomic E-state index is 12.5. The van der Waals surface area contributed by atoms with Crippen LogP contribution in [0.3, 0.4) is 0 Å². The van der Waals surface area contributed by atoms with Crippen LogP contribution in [0.2, 0.25) is 0 Å². The van der Waals surface area contributed by atoms with Crippen molar-refractivity contribution in [2.45, 2.75) is 0 Å². The van der Waals surface area contributed by atoms with Gasteiger partial charge >= 0.3 is 0 Å². The molecule has 0 aliphatic heterocycles. The van der Waals surface area contributed by atoms with Gasteiger partial charge in [-0.1, -0.05) is 12.1 Å². The molecule has 4 rings (SSSR count). The highest BCUT2D eigenvalue weighted by atomic mass is 32.1. The van der Waals surface area contributed by atoms with Gasteiger partial charge in [0.2, 0.25) is 0 Å². The topological polar surface area (TPSA) is 86.2 Å². The van der Waals surface area contributed by atoms with Gasteiger partial charge in [-0.3, -0.25) is 15.1 Å². The van der Waals surface area contributed by atoms with Crippen molar-refractivity contribution in [1.29, 1.82) is 0 Å². The SMILES string of the molecule is COc1ccc(-c2csc(NC(=O)c3cnc4ccccc4n3)n2)c(OC)c1. The molecule has 0 saturated carbocycles. The zero-order valence-electron chi connectivity index (χ0n) is 15.2. The van der Waals surface area contributed by atoms with E-state index in [9.17, 15) is 4.79 Å². The molecule has 7 nitrogen and oxygen atoms in total. The van der Waals surface area contributed by atoms with Gasteiger partial charge in [0.15, 0.2) is 5.13 Å². The molecule has 4 aromatic rings. The van der Waals surface area contributed by atoms with Crippen LogP contribution in [0, 0.1) is 0 Å². The molecule has 0 spiro atoms. The van der Waals surface area contributed by atoms with Crippen LogP contribution in [0.15, 0.2) is 54.0 Å². The Bertz CT molecular complexity index is 1160. The highest BCUT2D eigenvalue weighted by molar-refractivity contribution is 7.14. The average Bonchev–Trinajstić information content (AvgIpc) is 3.21. The summed E-state index contributed by atoms with van der Waals surface area (Å²) in [4.78, 5) is 25.6. The number of thiazole rings is 1. The summed E-state index contributed by atoms with van der Waals surface area (Å²) in [6.45, 7) is 0. The molecule has 28 heavy (non-hydrogen) atoms. The summed E-state index contributed by atoms with van der Waals surface area (Å²) >= 11 is 1.32. The summed E-state index contributed by atoms with van der Waals surface area (Å²) in [5.41, 5.74) is 3.15. The van der Waals surface area contributed by atoms with Crippen molar-refractivity contribution >= 4 is 33.4 Å². The van der Waals surface area contributed by atoms with E-state index in [1.54, 1.807) is 20.3 Å². The third kappa shape index (κ3) is 3.49. The van der Waals surface area contributed by atoms with Crippen LogP contribution in [0.5, 0.6) is 11.5 Å². The molecule has 1 amide bonds. The Morgan fingerprint density at radius 1 is 1.04 bits per heavy atom. The number of ether oxygens (including phenoxy) is 2. The molecule has 0 bridgehead atoms. The normalized spacial score (nSPS) is 10.6. The van der Waals surface area contributed by atoms with Gasteiger partial charge < -0.3 is 9.47 Å². The Hall–Kier alpha value is -3.52. The number of carbonyl (C=O) groups is 1. The molecular weight excluding hydrogens is 376 g/mol. The number of nitrogens with one attached hydrogen (secondary N) is 1. The molecule has 0 radical (unpaired) electrons. The van der Waals surface area contributed by atoms with Crippen LogP contribution < -0.4 is 14.8 Å². The lowest BCUT2D eigenvalue weighted by Gasteiger charge is -2.08. The molecule has 0 aliphatic rings. The zero-order chi connectivity index (χ0) is 19.5. The quantitative estimate of drug-likeness (QED) is 0.552. The van der Waals surface area contributed by atoms with E-state index in [1.165, 1.54) is 17.5 Å². The Balaban J connectivity index is 1.56. The third-order valence-corrected chi connectivity index (χ3v) is 4.85. The predicted molar refractivity (Wildman–Crippen MR) is 108 cm³/mol. The predicted octanol–water partition coefficient (Wildman–Crippen LogP) is 4.02. The Kier molecular flexibility index (Phi) is 4.86. The molecular formula is C20H16N4O3S. The smallest absolute Gasteiger partial charge is 0.277 e. The van der Waals surface area contributed by atoms with Crippen LogP contribution in [0.25, 0.3) is 22.3 Å². The molecule has 140 valence electrons. The van der Waals surface area contributed by atoms with Gasteiger partial charge in [-0.15, -0.1) is 11.3 Å². The molecule has 2 aromatic heterocycles. The fourth-order valence-electron chi connectivity index (χ4n) is 2.69. The van der Waals surface area contributed by atoms with Crippen LogP contribution in [0.1, 0.15) is 10.5 Å². The van der Waals surface area contributed by atoms with Crippen molar-refractivity contribution in [1.82, 2.24) is 15.0 Å². The summed E-state index contributed by atoms with van der Waals surface area (Å²) in [5.74, 6) is 0.975. The number of aromatic nitrogens is 3. The van der Waals surface area contributed by atoms with Gasteiger partial charge in [-0.25, -0.2) is 9.97 Å². The van der Waals surface area contributed by atoms with E-state index in [2.05, 4.69) is 20.3 Å². The molecule has 0 unspecified atom stereocenters. The number of benzene rings is 2. The first kappa shape index (κ1) is 17.9. The van der Waals surface area contributed by atoms with E-state index in [-0.39, 0.29) is 11.6 Å². The van der Waals surface area contributed by atoms with Gasteiger partial charge in [0.1, 0.15) is 17.2 Å². The summed E-state index contributed by atoms with van der Waals surface area (Å²) in [7, 11) is 3.19. The number of para-hydroxylation sites is 2. The van der Waals surface area contributed by atoms with Crippen molar-refractivity contribution < 1.29 is 14.3 Å². The van der Waals surface area contributed by atoms with E-state index < -0.39 is 0 Å². The summed E-state index contributed by atoms with van der Waals surface area (Å²) in [6.07, 6.45) is 1.46. The maximum absolute atomic E-state index is 12.5. The minimum atomic E-state index is -0.360. The second-order valence-electron chi connectivity index (χ2n) is 5.80. The largest absolute Gasteiger partial charge is 0.497 e. The van der Waals surface area contributed by atoms with Crippen LogP contribution in [-0.2, 0) is 0 Å². The van der Waals surface area contributed by atoms with Crippen molar-refractivity contribution in [3.63, 3.8) is 0 Å². The monoisotopic (exact) mass is 392 g/mol. The number of hydrogen-bond donors (Lipinski definition) is 1. The van der Waals surface area contributed by atoms with Crippen LogP contribution in [-0.4, -0.2) is 35.1 Å². The standard InChI is InChI=1S/C20H16N4O3S/c1-26-12-7-8-13(18(9-12)27-2)17-11-28-20(23-17)24-19(25)16-10-21-14-5-3-4-6-15(14)22-16/h3-11H,1-2H3,(H,23,24,25). The Morgan fingerprint density at radius 2 is 1.86 bits per heavy atom. The minimum absolute atomic E-state index is 0.234. The highest BCUT2D eigenvalue weighted by Gasteiger charge is 2.15. The Morgan fingerprint density at radius 3 is 2.64 bits per heavy atom. The van der Waals surface area contributed by atoms with E-state index >= 15 is 0 Å². The van der Waals surface area contributed by atoms with Crippen LogP contribution >= 0.6 is 11.3 Å². The number of rotatable bonds is 5. The molecule has 1 N–H and O–H groups in total. The lowest BCUT2D eigenvalue weighted by Crippen LogP contribution is -2.14. The van der Waals surface area contributed by atoms with Crippen LogP contribution in [0.4, 0.5) is 5.13 Å². The van der Waals surface area contributed by atoms with Gasteiger partial charge in [-0.05, 0) is 24.3 Å². The minimum Gasteiger partial charge on any atom is -0.497 e. The zero-order valence-corrected chi connectivity index (χ0v) is 16.0. The van der Waals surface area contributed by atoms with Crippen molar-refractivity contribution in [2.24, 2.45) is 0 Å². The number of amides is 1. The molecule has 2 aromatic carbocycles. The van der Waals surface area contributed by atoms with E-state index in [1.807, 2.05) is 41.8 Å². The van der Waals surface area contributed by atoms with Crippen molar-refractivity contribution in [3.8, 4) is 22.8 Å². The third-order valence-electron chi connectivity index (χ3n) is 4.09. The number of carbonyl (C=O) groups excluding carboxylic acids is 1. The first-order valence-corrected chi connectivity index (χ1v) is 9.27. The molecule has 0 atom stereocenters. The van der Waals surface area contributed by atoms with Gasteiger partial charge in [0.25, 0.3) is 5.91 Å². The maximum Gasteiger partial charge on any atom is 0.277 e. The molecule has 0 saturated heterocycles. The van der Waals surface area contributed by atoms with Crippen molar-refractivity contribution in [3.05, 3.63) is 59.7 Å². The van der Waals surface area contributed by atoms with Crippen molar-refractivity contribution in [2.75, 3.05) is 19.5 Å². The molecule has 0 fully saturated rings. The van der Waals surface area contributed by atoms with E-state index in [0.717, 1.165) is 11.1 Å². The van der Waals surface area contributed by atoms with Gasteiger partial charge in [-0.2, -0.15) is 0 Å². The summed E-state index contributed by atoms with van der Waals surface area (Å²) < 4.78 is 10.6. The second-order valence-corrected chi connectivity index (χ2v) is 6.66. The number of fused-ring (bicyclic) bond motifs is 1. The molecule has 0 aliphatic carbocycles. The number of hydrogen-bond acceptors (Lipinski definition) is 7. The lowest BCUT2D eigenvalue weighted by atomic mass is 10.1. The molecule has 2 heterocycles. The molecule has 8 heteroatoms. The van der Waals surface area contributed by atoms with Gasteiger partial charge in [0.05, 0.1) is 37.1 Å². The average molecular weight is 392 g/mol. The summed E-state index contributed by atoms with van der Waals surface area (Å²) in [6, 6.07) is 12.9. The van der Waals surface area contributed by atoms with Gasteiger partial charge in [0, 0.05) is 17.0 Å². The highest BCUT2D eigenvalue weighted by Crippen LogP contribution is 2.34. The number of anilines is 1. The van der Waals surface area contributed by atoms with E-state index in [0.29, 0.717) is 27.8 Å². The fourth-order valence-corrected chi connectivity index (χ4v) is 3.40. The Labute approximate surface area is 165 Å².